The summed E-state index contributed by atoms with van der Waals surface area (Å²) < 4.78 is 28.5. The number of carbonyl (C=O) groups excluding carboxylic acids is 1. The average molecular weight is 397 g/mol. The van der Waals surface area contributed by atoms with Crippen molar-refractivity contribution in [2.75, 3.05) is 13.6 Å². The van der Waals surface area contributed by atoms with Crippen LogP contribution in [-0.2, 0) is 14.8 Å². The van der Waals surface area contributed by atoms with Crippen molar-refractivity contribution >= 4 is 26.7 Å². The van der Waals surface area contributed by atoms with E-state index in [1.54, 1.807) is 30.3 Å². The minimum atomic E-state index is -3.78. The minimum Gasteiger partial charge on any atom is -0.299 e. The van der Waals surface area contributed by atoms with Crippen LogP contribution >= 0.6 is 0 Å². The fourth-order valence-electron chi connectivity index (χ4n) is 4.13. The van der Waals surface area contributed by atoms with Gasteiger partial charge < -0.3 is 0 Å². The molecule has 146 valence electrons. The molecule has 0 bridgehead atoms. The Bertz CT molecular complexity index is 1120. The van der Waals surface area contributed by atoms with Crippen LogP contribution in [0.5, 0.6) is 0 Å². The second kappa shape index (κ2) is 7.18. The van der Waals surface area contributed by atoms with Gasteiger partial charge in [0.15, 0.2) is 0 Å². The predicted molar refractivity (Wildman–Crippen MR) is 110 cm³/mol. The number of benzene rings is 2. The fourth-order valence-corrected chi connectivity index (χ4v) is 5.72. The van der Waals surface area contributed by atoms with Crippen molar-refractivity contribution in [3.05, 3.63) is 66.4 Å². The number of piperidine rings is 1. The van der Waals surface area contributed by atoms with Gasteiger partial charge in [-0.15, -0.1) is 0 Å². The first-order chi connectivity index (χ1) is 13.4. The van der Waals surface area contributed by atoms with Gasteiger partial charge >= 0.3 is 0 Å². The van der Waals surface area contributed by atoms with Crippen LogP contribution < -0.4 is 0 Å². The maximum atomic E-state index is 13.5. The van der Waals surface area contributed by atoms with E-state index >= 15 is 0 Å². The van der Waals surface area contributed by atoms with Crippen LogP contribution in [0.15, 0.2) is 65.6 Å². The quantitative estimate of drug-likeness (QED) is 0.672. The molecule has 28 heavy (non-hydrogen) atoms. The Morgan fingerprint density at radius 1 is 1.04 bits per heavy atom. The van der Waals surface area contributed by atoms with Crippen molar-refractivity contribution in [3.8, 4) is 0 Å². The molecule has 5 nitrogen and oxygen atoms in total. The van der Waals surface area contributed by atoms with Gasteiger partial charge in [-0.2, -0.15) is 0 Å². The second-order valence-corrected chi connectivity index (χ2v) is 9.23. The van der Waals surface area contributed by atoms with Crippen molar-refractivity contribution in [1.82, 2.24) is 8.87 Å². The highest BCUT2D eigenvalue weighted by Gasteiger charge is 2.36. The van der Waals surface area contributed by atoms with Gasteiger partial charge in [-0.05, 0) is 37.7 Å². The number of para-hydroxylation sites is 1. The summed E-state index contributed by atoms with van der Waals surface area (Å²) in [6.07, 6.45) is 1.14. The highest BCUT2D eigenvalue weighted by atomic mass is 32.2. The van der Waals surface area contributed by atoms with Crippen molar-refractivity contribution in [1.29, 1.82) is 0 Å². The zero-order valence-electron chi connectivity index (χ0n) is 16.1. The molecule has 4 rings (SSSR count). The Kier molecular flexibility index (Phi) is 4.85. The standard InChI is InChI=1S/C22H24N2O3S/c1-3-16-15-23(2)20(14-22(16)25)21-13-17-9-7-8-12-19(17)24(21)28(26,27)18-10-5-4-6-11-18/h4-13,16,20H,3,14-15H2,1-2H3/t16-,20-/m0/s1. The molecular formula is C22H24N2O3S. The molecule has 0 saturated carbocycles. The van der Waals surface area contributed by atoms with E-state index in [0.29, 0.717) is 24.2 Å². The summed E-state index contributed by atoms with van der Waals surface area (Å²) in [6.45, 7) is 2.67. The number of ketones is 1. The van der Waals surface area contributed by atoms with Gasteiger partial charge in [-0.3, -0.25) is 9.69 Å². The molecule has 6 heteroatoms. The second-order valence-electron chi connectivity index (χ2n) is 7.44. The zero-order chi connectivity index (χ0) is 19.9. The van der Waals surface area contributed by atoms with Crippen LogP contribution in [0, 0.1) is 5.92 Å². The lowest BCUT2D eigenvalue weighted by Crippen LogP contribution is -2.41. The maximum Gasteiger partial charge on any atom is 0.268 e. The lowest BCUT2D eigenvalue weighted by atomic mass is 9.89. The van der Waals surface area contributed by atoms with Gasteiger partial charge in [0.25, 0.3) is 10.0 Å². The Morgan fingerprint density at radius 3 is 2.43 bits per heavy atom. The van der Waals surface area contributed by atoms with Crippen LogP contribution in [0.3, 0.4) is 0 Å². The largest absolute Gasteiger partial charge is 0.299 e. The van der Waals surface area contributed by atoms with Crippen LogP contribution in [-0.4, -0.2) is 36.7 Å². The van der Waals surface area contributed by atoms with E-state index in [9.17, 15) is 13.2 Å². The zero-order valence-corrected chi connectivity index (χ0v) is 16.9. The third-order valence-corrected chi connectivity index (χ3v) is 7.46. The summed E-state index contributed by atoms with van der Waals surface area (Å²) in [5.41, 5.74) is 1.29. The Morgan fingerprint density at radius 2 is 1.71 bits per heavy atom. The van der Waals surface area contributed by atoms with E-state index in [1.807, 2.05) is 44.3 Å². The summed E-state index contributed by atoms with van der Waals surface area (Å²) in [5.74, 6) is 0.226. The molecule has 0 amide bonds. The molecule has 1 fully saturated rings. The van der Waals surface area contributed by atoms with Gasteiger partial charge in [0, 0.05) is 24.3 Å². The Labute approximate surface area is 165 Å². The van der Waals surface area contributed by atoms with E-state index in [0.717, 1.165) is 11.8 Å². The molecule has 0 radical (unpaired) electrons. The van der Waals surface area contributed by atoms with Crippen molar-refractivity contribution in [2.24, 2.45) is 5.92 Å². The summed E-state index contributed by atoms with van der Waals surface area (Å²) in [7, 11) is -1.81. The smallest absolute Gasteiger partial charge is 0.268 e. The summed E-state index contributed by atoms with van der Waals surface area (Å²) >= 11 is 0. The number of hydrogen-bond acceptors (Lipinski definition) is 4. The van der Waals surface area contributed by atoms with Crippen molar-refractivity contribution < 1.29 is 13.2 Å². The van der Waals surface area contributed by atoms with E-state index in [1.165, 1.54) is 3.97 Å². The number of nitrogens with zero attached hydrogens (tertiary/aromatic N) is 2. The van der Waals surface area contributed by atoms with E-state index in [4.69, 9.17) is 0 Å². The van der Waals surface area contributed by atoms with E-state index < -0.39 is 10.0 Å². The number of hydrogen-bond donors (Lipinski definition) is 0. The van der Waals surface area contributed by atoms with Crippen LogP contribution in [0.4, 0.5) is 0 Å². The molecule has 3 aromatic rings. The number of likely N-dealkylation sites (tertiary alicyclic amines) is 1. The topological polar surface area (TPSA) is 59.4 Å². The van der Waals surface area contributed by atoms with Gasteiger partial charge in [0.05, 0.1) is 22.1 Å². The highest BCUT2D eigenvalue weighted by molar-refractivity contribution is 7.90. The molecule has 0 unspecified atom stereocenters. The molecule has 2 heterocycles. The van der Waals surface area contributed by atoms with Gasteiger partial charge in [0.2, 0.25) is 0 Å². The number of aromatic nitrogens is 1. The number of carbonyl (C=O) groups is 1. The first kappa shape index (κ1) is 18.9. The minimum absolute atomic E-state index is 0.0183. The van der Waals surface area contributed by atoms with Crippen molar-refractivity contribution in [3.63, 3.8) is 0 Å². The SMILES string of the molecule is CC[C@H]1CN(C)[C@H](c2cc3ccccc3n2S(=O)(=O)c2ccccc2)CC1=O. The molecule has 0 N–H and O–H groups in total. The van der Waals surface area contributed by atoms with Gasteiger partial charge in [0.1, 0.15) is 5.78 Å². The molecular weight excluding hydrogens is 372 g/mol. The van der Waals surface area contributed by atoms with Gasteiger partial charge in [-0.1, -0.05) is 43.3 Å². The normalized spacial score (nSPS) is 21.3. The molecule has 1 aliphatic rings. The van der Waals surface area contributed by atoms with Crippen LogP contribution in [0.1, 0.15) is 31.5 Å². The number of fused-ring (bicyclic) bond motifs is 1. The van der Waals surface area contributed by atoms with E-state index in [-0.39, 0.29) is 22.6 Å². The third-order valence-electron chi connectivity index (χ3n) is 5.70. The lowest BCUT2D eigenvalue weighted by Gasteiger charge is -2.36. The first-order valence-electron chi connectivity index (χ1n) is 9.57. The van der Waals surface area contributed by atoms with Crippen LogP contribution in [0.25, 0.3) is 10.9 Å². The Balaban J connectivity index is 1.91. The first-order valence-corrected chi connectivity index (χ1v) is 11.0. The summed E-state index contributed by atoms with van der Waals surface area (Å²) in [5, 5.41) is 0.857. The molecule has 2 atom stereocenters. The monoisotopic (exact) mass is 396 g/mol. The Hall–Kier alpha value is -2.44. The van der Waals surface area contributed by atoms with Crippen LogP contribution in [0.2, 0.25) is 0 Å². The lowest BCUT2D eigenvalue weighted by molar-refractivity contribution is -0.128. The summed E-state index contributed by atoms with van der Waals surface area (Å²) in [6, 6.07) is 17.6. The van der Waals surface area contributed by atoms with Gasteiger partial charge in [-0.25, -0.2) is 12.4 Å². The molecule has 1 aromatic heterocycles. The van der Waals surface area contributed by atoms with Crippen molar-refractivity contribution in [2.45, 2.75) is 30.7 Å². The molecule has 1 aliphatic heterocycles. The molecule has 2 aromatic carbocycles. The average Bonchev–Trinajstić information content (AvgIpc) is 3.10. The third kappa shape index (κ3) is 3.06. The number of rotatable bonds is 4. The molecule has 0 spiro atoms. The highest BCUT2D eigenvalue weighted by Crippen LogP contribution is 2.36. The molecule has 1 saturated heterocycles. The number of Topliss-reactive ketones (excluding diaryl/α,β-unsaturated/α-hetero) is 1. The van der Waals surface area contributed by atoms with E-state index in [2.05, 4.69) is 4.90 Å². The fraction of sp³-hybridized carbons (Fsp3) is 0.318. The summed E-state index contributed by atoms with van der Waals surface area (Å²) in [4.78, 5) is 15.0. The maximum absolute atomic E-state index is 13.5. The predicted octanol–water partition coefficient (Wildman–Crippen LogP) is 3.85. The molecule has 0 aliphatic carbocycles.